The summed E-state index contributed by atoms with van der Waals surface area (Å²) in [4.78, 5) is 4.89. The third-order valence-electron chi connectivity index (χ3n) is 4.79. The second kappa shape index (κ2) is 8.98. The summed E-state index contributed by atoms with van der Waals surface area (Å²) in [6.07, 6.45) is 4.55. The van der Waals surface area contributed by atoms with Crippen molar-refractivity contribution in [1.82, 2.24) is 15.1 Å². The zero-order valence-electron chi connectivity index (χ0n) is 14.0. The summed E-state index contributed by atoms with van der Waals surface area (Å²) < 4.78 is 0. The van der Waals surface area contributed by atoms with Gasteiger partial charge in [-0.3, -0.25) is 0 Å². The van der Waals surface area contributed by atoms with E-state index in [-0.39, 0.29) is 12.1 Å². The first kappa shape index (κ1) is 17.9. The molecule has 1 rings (SSSR count). The van der Waals surface area contributed by atoms with Crippen molar-refractivity contribution in [2.45, 2.75) is 45.1 Å². The summed E-state index contributed by atoms with van der Waals surface area (Å²) in [6.45, 7) is 10.3. The van der Waals surface area contributed by atoms with Gasteiger partial charge in [0, 0.05) is 18.6 Å². The minimum absolute atomic E-state index is 0.0663. The van der Waals surface area contributed by atoms with E-state index in [4.69, 9.17) is 0 Å². The fourth-order valence-electron chi connectivity index (χ4n) is 3.41. The normalized spacial score (nSPS) is 23.4. The fourth-order valence-corrected chi connectivity index (χ4v) is 3.41. The summed E-state index contributed by atoms with van der Waals surface area (Å²) in [5, 5.41) is 13.1. The molecule has 1 fully saturated rings. The number of aliphatic hydroxyl groups excluding tert-OH is 1. The molecule has 1 saturated heterocycles. The molecule has 4 nitrogen and oxygen atoms in total. The van der Waals surface area contributed by atoms with Gasteiger partial charge < -0.3 is 20.2 Å². The van der Waals surface area contributed by atoms with Crippen molar-refractivity contribution < 1.29 is 5.11 Å². The Bertz CT molecular complexity index is 256. The largest absolute Gasteiger partial charge is 0.394 e. The number of hydrogen-bond acceptors (Lipinski definition) is 4. The summed E-state index contributed by atoms with van der Waals surface area (Å²) >= 11 is 0. The molecular weight excluding hydrogens is 250 g/mol. The van der Waals surface area contributed by atoms with Crippen molar-refractivity contribution in [3.05, 3.63) is 0 Å². The van der Waals surface area contributed by atoms with Gasteiger partial charge in [-0.15, -0.1) is 0 Å². The Balaban J connectivity index is 2.24. The number of hydrogen-bond donors (Lipinski definition) is 2. The lowest BCUT2D eigenvalue weighted by atomic mass is 9.91. The van der Waals surface area contributed by atoms with E-state index in [1.54, 1.807) is 0 Å². The second-order valence-corrected chi connectivity index (χ2v) is 6.61. The van der Waals surface area contributed by atoms with Crippen LogP contribution in [0.15, 0.2) is 0 Å². The monoisotopic (exact) mass is 285 g/mol. The third kappa shape index (κ3) is 5.68. The molecular formula is C16H35N3O. The van der Waals surface area contributed by atoms with Crippen LogP contribution in [0.5, 0.6) is 0 Å². The van der Waals surface area contributed by atoms with Gasteiger partial charge in [-0.25, -0.2) is 0 Å². The summed E-state index contributed by atoms with van der Waals surface area (Å²) in [7, 11) is 4.45. The molecule has 0 radical (unpaired) electrons. The molecule has 2 N–H and O–H groups in total. The van der Waals surface area contributed by atoms with Gasteiger partial charge in [0.15, 0.2) is 0 Å². The summed E-state index contributed by atoms with van der Waals surface area (Å²) in [6, 6.07) is 0. The van der Waals surface area contributed by atoms with E-state index in [0.717, 1.165) is 38.3 Å². The SMILES string of the molecule is CCNC(CC)(CO)CCCN(C)CC1CCN(C)C1. The lowest BCUT2D eigenvalue weighted by Crippen LogP contribution is -2.48. The van der Waals surface area contributed by atoms with Gasteiger partial charge >= 0.3 is 0 Å². The van der Waals surface area contributed by atoms with Crippen molar-refractivity contribution in [3.8, 4) is 0 Å². The number of rotatable bonds is 10. The average Bonchev–Trinajstić information content (AvgIpc) is 2.83. The van der Waals surface area contributed by atoms with E-state index in [1.165, 1.54) is 26.1 Å². The Morgan fingerprint density at radius 3 is 2.65 bits per heavy atom. The Kier molecular flexibility index (Phi) is 8.03. The topological polar surface area (TPSA) is 38.7 Å². The van der Waals surface area contributed by atoms with Gasteiger partial charge in [-0.1, -0.05) is 13.8 Å². The lowest BCUT2D eigenvalue weighted by molar-refractivity contribution is 0.140. The lowest BCUT2D eigenvalue weighted by Gasteiger charge is -2.32. The molecule has 20 heavy (non-hydrogen) atoms. The van der Waals surface area contributed by atoms with Gasteiger partial charge in [0.05, 0.1) is 6.61 Å². The van der Waals surface area contributed by atoms with Crippen LogP contribution in [0.3, 0.4) is 0 Å². The number of likely N-dealkylation sites (N-methyl/N-ethyl adjacent to an activating group) is 1. The van der Waals surface area contributed by atoms with Crippen LogP contribution in [0.1, 0.15) is 39.5 Å². The first-order valence-corrected chi connectivity index (χ1v) is 8.28. The molecule has 2 atom stereocenters. The highest BCUT2D eigenvalue weighted by molar-refractivity contribution is 4.86. The Hall–Kier alpha value is -0.160. The van der Waals surface area contributed by atoms with Crippen LogP contribution in [0.25, 0.3) is 0 Å². The number of nitrogens with zero attached hydrogens (tertiary/aromatic N) is 2. The minimum Gasteiger partial charge on any atom is -0.394 e. The maximum atomic E-state index is 9.65. The molecule has 0 aromatic heterocycles. The highest BCUT2D eigenvalue weighted by Crippen LogP contribution is 2.18. The Morgan fingerprint density at radius 1 is 1.40 bits per heavy atom. The minimum atomic E-state index is -0.0663. The van der Waals surface area contributed by atoms with Crippen LogP contribution in [-0.2, 0) is 0 Å². The molecule has 0 aromatic carbocycles. The molecule has 1 aliphatic heterocycles. The molecule has 0 spiro atoms. The predicted molar refractivity (Wildman–Crippen MR) is 86.1 cm³/mol. The third-order valence-corrected chi connectivity index (χ3v) is 4.79. The van der Waals surface area contributed by atoms with E-state index >= 15 is 0 Å². The molecule has 120 valence electrons. The molecule has 0 saturated carbocycles. The van der Waals surface area contributed by atoms with E-state index in [9.17, 15) is 5.11 Å². The molecule has 1 aliphatic rings. The van der Waals surface area contributed by atoms with Crippen LogP contribution < -0.4 is 5.32 Å². The first-order chi connectivity index (χ1) is 9.55. The zero-order chi connectivity index (χ0) is 15.0. The molecule has 4 heteroatoms. The maximum absolute atomic E-state index is 9.65. The Labute approximate surface area is 125 Å². The van der Waals surface area contributed by atoms with Crippen molar-refractivity contribution >= 4 is 0 Å². The molecule has 2 unspecified atom stereocenters. The average molecular weight is 285 g/mol. The van der Waals surface area contributed by atoms with Crippen molar-refractivity contribution in [3.63, 3.8) is 0 Å². The number of likely N-dealkylation sites (tertiary alicyclic amines) is 1. The summed E-state index contributed by atoms with van der Waals surface area (Å²) in [5.74, 6) is 0.840. The van der Waals surface area contributed by atoms with Crippen LogP contribution in [0, 0.1) is 5.92 Å². The van der Waals surface area contributed by atoms with Gasteiger partial charge in [-0.05, 0) is 65.3 Å². The van der Waals surface area contributed by atoms with E-state index in [0.29, 0.717) is 0 Å². The first-order valence-electron chi connectivity index (χ1n) is 8.28. The van der Waals surface area contributed by atoms with Gasteiger partial charge in [0.1, 0.15) is 0 Å². The van der Waals surface area contributed by atoms with Crippen LogP contribution >= 0.6 is 0 Å². The van der Waals surface area contributed by atoms with Gasteiger partial charge in [0.2, 0.25) is 0 Å². The zero-order valence-corrected chi connectivity index (χ0v) is 14.0. The number of aliphatic hydroxyl groups is 1. The highest BCUT2D eigenvalue weighted by atomic mass is 16.3. The predicted octanol–water partition coefficient (Wildman–Crippen LogP) is 1.40. The molecule has 1 heterocycles. The van der Waals surface area contributed by atoms with Gasteiger partial charge in [0.25, 0.3) is 0 Å². The Morgan fingerprint density at radius 2 is 2.15 bits per heavy atom. The van der Waals surface area contributed by atoms with Crippen LogP contribution in [0.2, 0.25) is 0 Å². The van der Waals surface area contributed by atoms with Gasteiger partial charge in [-0.2, -0.15) is 0 Å². The smallest absolute Gasteiger partial charge is 0.0613 e. The van der Waals surface area contributed by atoms with Crippen molar-refractivity contribution in [2.24, 2.45) is 5.92 Å². The molecule has 0 aromatic rings. The van der Waals surface area contributed by atoms with E-state index in [2.05, 4.69) is 43.1 Å². The van der Waals surface area contributed by atoms with E-state index in [1.807, 2.05) is 0 Å². The quantitative estimate of drug-likeness (QED) is 0.636. The second-order valence-electron chi connectivity index (χ2n) is 6.61. The molecule has 0 bridgehead atoms. The van der Waals surface area contributed by atoms with Crippen molar-refractivity contribution in [1.29, 1.82) is 0 Å². The van der Waals surface area contributed by atoms with Crippen LogP contribution in [-0.4, -0.2) is 73.9 Å². The molecule has 0 amide bonds. The maximum Gasteiger partial charge on any atom is 0.0613 e. The van der Waals surface area contributed by atoms with Crippen LogP contribution in [0.4, 0.5) is 0 Å². The van der Waals surface area contributed by atoms with E-state index < -0.39 is 0 Å². The summed E-state index contributed by atoms with van der Waals surface area (Å²) in [5.41, 5.74) is -0.0663. The van der Waals surface area contributed by atoms with Crippen molar-refractivity contribution in [2.75, 3.05) is 53.4 Å². The highest BCUT2D eigenvalue weighted by Gasteiger charge is 2.26. The standard InChI is InChI=1S/C16H35N3O/c1-5-16(14-20,17-6-2)9-7-10-18(3)12-15-8-11-19(4)13-15/h15,17,20H,5-14H2,1-4H3. The fraction of sp³-hybridized carbons (Fsp3) is 1.00. The molecule has 0 aliphatic carbocycles. The number of nitrogens with one attached hydrogen (secondary N) is 1.